The molecule has 2 aromatic heterocycles. The number of benzene rings is 6. The molecule has 0 radical (unpaired) electrons. The van der Waals surface area contributed by atoms with Crippen molar-refractivity contribution in [1.29, 1.82) is 0 Å². The molecule has 6 aromatic carbocycles. The van der Waals surface area contributed by atoms with Crippen molar-refractivity contribution in [3.63, 3.8) is 0 Å². The molecule has 1 aliphatic heterocycles. The molecule has 5 heteroatoms. The van der Waals surface area contributed by atoms with Crippen LogP contribution in [-0.2, 0) is 6.42 Å². The molecule has 0 bridgehead atoms. The fourth-order valence-corrected chi connectivity index (χ4v) is 7.73. The molecule has 10 rings (SSSR count). The van der Waals surface area contributed by atoms with Crippen LogP contribution in [0.1, 0.15) is 52.9 Å². The van der Waals surface area contributed by atoms with Crippen LogP contribution in [0.3, 0.4) is 0 Å². The van der Waals surface area contributed by atoms with Gasteiger partial charge in [0.1, 0.15) is 22.5 Å². The maximum Gasteiger partial charge on any atom is 0.142 e. The standard InChI is InChI=1S/C45H35N3O2/c1-2-9-31(10-3-1)43-46-44(48-45(47-43)33-25-26-41-38(27-33)36-12-5-6-15-39(36)49-41)32-23-19-29(20-24-32)28-17-21-30(22-18-28)34-13-8-14-37-35-11-4-7-16-40(35)50-42(34)37/h1-3,5-10,12-27,43-48H,4,11H2. The molecule has 0 spiro atoms. The summed E-state index contributed by atoms with van der Waals surface area (Å²) in [6.45, 7) is 0. The number of hydrogen-bond donors (Lipinski definition) is 3. The van der Waals surface area contributed by atoms with Gasteiger partial charge in [-0.2, -0.15) is 0 Å². The Hall–Kier alpha value is -5.72. The first-order valence-electron chi connectivity index (χ1n) is 17.4. The lowest BCUT2D eigenvalue weighted by atomic mass is 9.96. The van der Waals surface area contributed by atoms with Gasteiger partial charge in [-0.15, -0.1) is 0 Å². The van der Waals surface area contributed by atoms with E-state index in [1.807, 2.05) is 12.1 Å². The van der Waals surface area contributed by atoms with Crippen LogP contribution < -0.4 is 16.0 Å². The molecule has 0 saturated carbocycles. The third kappa shape index (κ3) is 5.06. The molecule has 8 aromatic rings. The highest BCUT2D eigenvalue weighted by atomic mass is 16.3. The molecule has 1 fully saturated rings. The summed E-state index contributed by atoms with van der Waals surface area (Å²) in [6.07, 6.45) is 6.21. The minimum Gasteiger partial charge on any atom is -0.456 e. The molecule has 3 heterocycles. The summed E-state index contributed by atoms with van der Waals surface area (Å²) >= 11 is 0. The van der Waals surface area contributed by atoms with Gasteiger partial charge in [-0.05, 0) is 70.5 Å². The summed E-state index contributed by atoms with van der Waals surface area (Å²) in [4.78, 5) is 0. The fourth-order valence-electron chi connectivity index (χ4n) is 7.73. The lowest BCUT2D eigenvalue weighted by Crippen LogP contribution is -2.54. The molecule has 3 atom stereocenters. The number of rotatable bonds is 5. The zero-order chi connectivity index (χ0) is 33.0. The summed E-state index contributed by atoms with van der Waals surface area (Å²) in [5.74, 6) is 1.00. The second-order valence-electron chi connectivity index (χ2n) is 13.3. The highest BCUT2D eigenvalue weighted by Gasteiger charge is 2.30. The van der Waals surface area contributed by atoms with Gasteiger partial charge in [-0.1, -0.05) is 127 Å². The van der Waals surface area contributed by atoms with Crippen molar-refractivity contribution in [3.8, 4) is 22.3 Å². The summed E-state index contributed by atoms with van der Waals surface area (Å²) in [5.41, 5.74) is 12.3. The number of nitrogens with one attached hydrogen (secondary N) is 3. The first-order chi connectivity index (χ1) is 24.7. The largest absolute Gasteiger partial charge is 0.456 e. The van der Waals surface area contributed by atoms with E-state index in [1.165, 1.54) is 33.2 Å². The highest BCUT2D eigenvalue weighted by Crippen LogP contribution is 2.38. The van der Waals surface area contributed by atoms with Crippen LogP contribution in [0.25, 0.3) is 61.2 Å². The number of furan rings is 2. The Labute approximate surface area is 290 Å². The van der Waals surface area contributed by atoms with Crippen LogP contribution in [0.4, 0.5) is 0 Å². The second kappa shape index (κ2) is 12.0. The minimum absolute atomic E-state index is 0.0448. The van der Waals surface area contributed by atoms with E-state index in [2.05, 4.69) is 155 Å². The zero-order valence-corrected chi connectivity index (χ0v) is 27.4. The number of hydrogen-bond acceptors (Lipinski definition) is 5. The molecule has 2 aliphatic rings. The Morgan fingerprint density at radius 3 is 1.90 bits per heavy atom. The Morgan fingerprint density at radius 1 is 0.480 bits per heavy atom. The van der Waals surface area contributed by atoms with Gasteiger partial charge in [0.15, 0.2) is 0 Å². The molecular weight excluding hydrogens is 615 g/mol. The van der Waals surface area contributed by atoms with Crippen molar-refractivity contribution < 1.29 is 8.83 Å². The van der Waals surface area contributed by atoms with Gasteiger partial charge in [0.2, 0.25) is 0 Å². The van der Waals surface area contributed by atoms with Crippen LogP contribution in [0.2, 0.25) is 0 Å². The normalized spacial score (nSPS) is 18.9. The van der Waals surface area contributed by atoms with E-state index in [0.29, 0.717) is 0 Å². The van der Waals surface area contributed by atoms with Gasteiger partial charge in [-0.25, -0.2) is 0 Å². The number of allylic oxidation sites excluding steroid dienone is 1. The van der Waals surface area contributed by atoms with Gasteiger partial charge in [-0.3, -0.25) is 16.0 Å². The van der Waals surface area contributed by atoms with Crippen LogP contribution >= 0.6 is 0 Å². The Kier molecular flexibility index (Phi) is 7.01. The smallest absolute Gasteiger partial charge is 0.142 e. The Bertz CT molecular complexity index is 2530. The van der Waals surface area contributed by atoms with Crippen LogP contribution in [0.15, 0.2) is 154 Å². The van der Waals surface area contributed by atoms with Crippen molar-refractivity contribution in [3.05, 3.63) is 174 Å². The monoisotopic (exact) mass is 649 g/mol. The lowest BCUT2D eigenvalue weighted by molar-refractivity contribution is 0.203. The molecule has 242 valence electrons. The van der Waals surface area contributed by atoms with Crippen LogP contribution in [0.5, 0.6) is 0 Å². The summed E-state index contributed by atoms with van der Waals surface area (Å²) in [6, 6.07) is 49.5. The molecular formula is C45H35N3O2. The maximum absolute atomic E-state index is 6.36. The third-order valence-electron chi connectivity index (χ3n) is 10.3. The van der Waals surface area contributed by atoms with E-state index < -0.39 is 0 Å². The molecule has 50 heavy (non-hydrogen) atoms. The maximum atomic E-state index is 6.36. The van der Waals surface area contributed by atoms with Gasteiger partial charge in [0.05, 0.1) is 18.5 Å². The van der Waals surface area contributed by atoms with Crippen molar-refractivity contribution >= 4 is 39.0 Å². The molecule has 0 amide bonds. The van der Waals surface area contributed by atoms with Crippen molar-refractivity contribution in [2.24, 2.45) is 0 Å². The SMILES string of the molecule is C1=Cc2oc3c(-c4ccc(-c5ccc(C6NC(c7ccccc7)NC(c7ccc8oc9ccccc9c8c7)N6)cc5)cc4)cccc3c2CC1. The summed E-state index contributed by atoms with van der Waals surface area (Å²) in [7, 11) is 0. The van der Waals surface area contributed by atoms with Crippen molar-refractivity contribution in [1.82, 2.24) is 16.0 Å². The topological polar surface area (TPSA) is 62.4 Å². The first kappa shape index (κ1) is 29.2. The average molecular weight is 650 g/mol. The Morgan fingerprint density at radius 2 is 1.10 bits per heavy atom. The number of aryl methyl sites for hydroxylation is 1. The molecule has 3 unspecified atom stereocenters. The van der Waals surface area contributed by atoms with E-state index in [9.17, 15) is 0 Å². The predicted molar refractivity (Wildman–Crippen MR) is 202 cm³/mol. The molecule has 1 aliphatic carbocycles. The van der Waals surface area contributed by atoms with E-state index in [0.717, 1.165) is 62.8 Å². The van der Waals surface area contributed by atoms with E-state index in [1.54, 1.807) is 0 Å². The van der Waals surface area contributed by atoms with Crippen molar-refractivity contribution in [2.45, 2.75) is 31.3 Å². The first-order valence-corrected chi connectivity index (χ1v) is 17.4. The van der Waals surface area contributed by atoms with Gasteiger partial charge >= 0.3 is 0 Å². The van der Waals surface area contributed by atoms with Gasteiger partial charge in [0.25, 0.3) is 0 Å². The summed E-state index contributed by atoms with van der Waals surface area (Å²) in [5, 5.41) is 14.9. The molecule has 1 saturated heterocycles. The number of fused-ring (bicyclic) bond motifs is 6. The van der Waals surface area contributed by atoms with E-state index in [-0.39, 0.29) is 18.5 Å². The fraction of sp³-hybridized carbons (Fsp3) is 0.111. The predicted octanol–water partition coefficient (Wildman–Crippen LogP) is 10.8. The molecule has 5 nitrogen and oxygen atoms in total. The van der Waals surface area contributed by atoms with Gasteiger partial charge in [0, 0.05) is 27.3 Å². The minimum atomic E-state index is -0.0862. The van der Waals surface area contributed by atoms with Gasteiger partial charge < -0.3 is 8.83 Å². The lowest BCUT2D eigenvalue weighted by Gasteiger charge is -2.39. The summed E-state index contributed by atoms with van der Waals surface area (Å²) < 4.78 is 12.5. The van der Waals surface area contributed by atoms with Crippen LogP contribution in [-0.4, -0.2) is 0 Å². The molecule has 3 N–H and O–H groups in total. The average Bonchev–Trinajstić information content (AvgIpc) is 3.76. The zero-order valence-electron chi connectivity index (χ0n) is 27.4. The quantitative estimate of drug-likeness (QED) is 0.173. The van der Waals surface area contributed by atoms with Crippen LogP contribution in [0, 0.1) is 0 Å². The third-order valence-corrected chi connectivity index (χ3v) is 10.3. The van der Waals surface area contributed by atoms with Crippen molar-refractivity contribution in [2.75, 3.05) is 0 Å². The second-order valence-corrected chi connectivity index (χ2v) is 13.3. The number of para-hydroxylation sites is 2. The van der Waals surface area contributed by atoms with E-state index in [4.69, 9.17) is 8.83 Å². The van der Waals surface area contributed by atoms with E-state index >= 15 is 0 Å². The highest BCUT2D eigenvalue weighted by molar-refractivity contribution is 6.05. The Balaban J connectivity index is 0.938.